The minimum Gasteiger partial charge on any atom is -0.349 e. The Hall–Kier alpha value is -0.0800. The zero-order valence-electron chi connectivity index (χ0n) is 16.1. The second kappa shape index (κ2) is 8.53. The molecule has 0 spiro atoms. The standard InChI is InChI=1S/C19H40O2/c1-10-14-20-19(17(5,6)7,21-15-11-2)13-12-18(8,9)16(3)4/h16H,10-15H2,1-9H3. The first-order valence-corrected chi connectivity index (χ1v) is 8.80. The molecule has 0 N–H and O–H groups in total. The van der Waals surface area contributed by atoms with Gasteiger partial charge in [-0.25, -0.2) is 0 Å². The fourth-order valence-electron chi connectivity index (χ4n) is 2.30. The van der Waals surface area contributed by atoms with Crippen LogP contribution in [0.5, 0.6) is 0 Å². The fraction of sp³-hybridized carbons (Fsp3) is 1.00. The van der Waals surface area contributed by atoms with Crippen molar-refractivity contribution in [3.8, 4) is 0 Å². The van der Waals surface area contributed by atoms with Crippen LogP contribution in [0.25, 0.3) is 0 Å². The number of ether oxygens (including phenoxy) is 2. The summed E-state index contributed by atoms with van der Waals surface area (Å²) in [7, 11) is 0. The maximum Gasteiger partial charge on any atom is 0.173 e. The van der Waals surface area contributed by atoms with E-state index in [1.807, 2.05) is 0 Å². The van der Waals surface area contributed by atoms with Gasteiger partial charge in [-0.1, -0.05) is 62.3 Å². The van der Waals surface area contributed by atoms with Crippen LogP contribution in [0.4, 0.5) is 0 Å². The molecule has 0 unspecified atom stereocenters. The van der Waals surface area contributed by atoms with Crippen molar-refractivity contribution in [2.45, 2.75) is 93.8 Å². The third-order valence-electron chi connectivity index (χ3n) is 4.88. The lowest BCUT2D eigenvalue weighted by atomic mass is 9.73. The molecule has 0 amide bonds. The Morgan fingerprint density at radius 3 is 1.48 bits per heavy atom. The Labute approximate surface area is 134 Å². The highest BCUT2D eigenvalue weighted by Crippen LogP contribution is 2.43. The van der Waals surface area contributed by atoms with Gasteiger partial charge in [-0.05, 0) is 30.6 Å². The van der Waals surface area contributed by atoms with E-state index in [4.69, 9.17) is 9.47 Å². The van der Waals surface area contributed by atoms with Crippen LogP contribution in [0.1, 0.15) is 88.0 Å². The second-order valence-electron chi connectivity index (χ2n) is 8.34. The van der Waals surface area contributed by atoms with Gasteiger partial charge in [-0.3, -0.25) is 0 Å². The monoisotopic (exact) mass is 300 g/mol. The third-order valence-corrected chi connectivity index (χ3v) is 4.88. The van der Waals surface area contributed by atoms with Crippen molar-refractivity contribution in [1.82, 2.24) is 0 Å². The lowest BCUT2D eigenvalue weighted by molar-refractivity contribution is -0.295. The topological polar surface area (TPSA) is 18.5 Å². The molecule has 0 aliphatic carbocycles. The molecule has 0 aliphatic rings. The molecule has 0 saturated heterocycles. The molecule has 0 rings (SSSR count). The molecule has 2 heteroatoms. The van der Waals surface area contributed by atoms with Gasteiger partial charge in [-0.15, -0.1) is 0 Å². The SMILES string of the molecule is CCCOC(CCC(C)(C)C(C)C)(OCCC)C(C)(C)C. The smallest absolute Gasteiger partial charge is 0.173 e. The van der Waals surface area contributed by atoms with Crippen LogP contribution in [-0.4, -0.2) is 19.0 Å². The molecule has 0 aromatic heterocycles. The Kier molecular flexibility index (Phi) is 8.49. The molecule has 128 valence electrons. The van der Waals surface area contributed by atoms with Crippen LogP contribution in [0.15, 0.2) is 0 Å². The van der Waals surface area contributed by atoms with Gasteiger partial charge in [-0.2, -0.15) is 0 Å². The predicted molar refractivity (Wildman–Crippen MR) is 92.5 cm³/mol. The van der Waals surface area contributed by atoms with Gasteiger partial charge < -0.3 is 9.47 Å². The normalized spacial score (nSPS) is 14.0. The van der Waals surface area contributed by atoms with Gasteiger partial charge in [0, 0.05) is 25.0 Å². The van der Waals surface area contributed by atoms with Gasteiger partial charge in [0.15, 0.2) is 5.79 Å². The molecule has 0 bridgehead atoms. The maximum atomic E-state index is 6.30. The van der Waals surface area contributed by atoms with Crippen molar-refractivity contribution < 1.29 is 9.47 Å². The number of hydrogen-bond donors (Lipinski definition) is 0. The van der Waals surface area contributed by atoms with Crippen LogP contribution in [0.3, 0.4) is 0 Å². The molecule has 0 heterocycles. The number of rotatable bonds is 10. The zero-order valence-corrected chi connectivity index (χ0v) is 16.1. The van der Waals surface area contributed by atoms with E-state index in [1.165, 1.54) is 0 Å². The first kappa shape index (κ1) is 20.9. The van der Waals surface area contributed by atoms with Crippen LogP contribution in [0, 0.1) is 16.7 Å². The van der Waals surface area contributed by atoms with E-state index >= 15 is 0 Å². The minimum absolute atomic E-state index is 0.0234. The Balaban J connectivity index is 5.15. The molecule has 0 fully saturated rings. The lowest BCUT2D eigenvalue weighted by Gasteiger charge is -2.46. The van der Waals surface area contributed by atoms with Crippen molar-refractivity contribution in [2.75, 3.05) is 13.2 Å². The molecule has 0 aliphatic heterocycles. The van der Waals surface area contributed by atoms with Crippen LogP contribution in [0.2, 0.25) is 0 Å². The highest BCUT2D eigenvalue weighted by Gasteiger charge is 2.45. The molecular formula is C19H40O2. The predicted octanol–water partition coefficient (Wildman–Crippen LogP) is 6.04. The summed E-state index contributed by atoms with van der Waals surface area (Å²) in [6.45, 7) is 21.9. The maximum absolute atomic E-state index is 6.30. The van der Waals surface area contributed by atoms with Crippen molar-refractivity contribution >= 4 is 0 Å². The Bertz CT molecular complexity index is 266. The summed E-state index contributed by atoms with van der Waals surface area (Å²) >= 11 is 0. The van der Waals surface area contributed by atoms with Crippen molar-refractivity contribution in [1.29, 1.82) is 0 Å². The van der Waals surface area contributed by atoms with E-state index in [9.17, 15) is 0 Å². The Morgan fingerprint density at radius 1 is 0.762 bits per heavy atom. The molecule has 0 radical (unpaired) electrons. The van der Waals surface area contributed by atoms with Gasteiger partial charge in [0.1, 0.15) is 0 Å². The van der Waals surface area contributed by atoms with Crippen LogP contribution >= 0.6 is 0 Å². The van der Waals surface area contributed by atoms with Crippen molar-refractivity contribution in [3.05, 3.63) is 0 Å². The zero-order chi connectivity index (χ0) is 16.7. The largest absolute Gasteiger partial charge is 0.349 e. The third kappa shape index (κ3) is 6.28. The molecule has 2 nitrogen and oxygen atoms in total. The van der Waals surface area contributed by atoms with E-state index in [-0.39, 0.29) is 5.41 Å². The van der Waals surface area contributed by atoms with Gasteiger partial charge >= 0.3 is 0 Å². The minimum atomic E-state index is -0.467. The second-order valence-corrected chi connectivity index (χ2v) is 8.34. The van der Waals surface area contributed by atoms with E-state index in [0.29, 0.717) is 11.3 Å². The summed E-state index contributed by atoms with van der Waals surface area (Å²) in [4.78, 5) is 0. The molecule has 0 atom stereocenters. The van der Waals surface area contributed by atoms with Crippen molar-refractivity contribution in [3.63, 3.8) is 0 Å². The summed E-state index contributed by atoms with van der Waals surface area (Å²) < 4.78 is 12.6. The van der Waals surface area contributed by atoms with Crippen LogP contribution in [-0.2, 0) is 9.47 Å². The van der Waals surface area contributed by atoms with E-state index in [2.05, 4.69) is 62.3 Å². The van der Waals surface area contributed by atoms with Crippen molar-refractivity contribution in [2.24, 2.45) is 16.7 Å². The van der Waals surface area contributed by atoms with Crippen LogP contribution < -0.4 is 0 Å². The van der Waals surface area contributed by atoms with E-state index in [0.717, 1.165) is 38.9 Å². The fourth-order valence-corrected chi connectivity index (χ4v) is 2.30. The van der Waals surface area contributed by atoms with Gasteiger partial charge in [0.05, 0.1) is 0 Å². The average Bonchev–Trinajstić information content (AvgIpc) is 2.36. The Morgan fingerprint density at radius 2 is 1.19 bits per heavy atom. The summed E-state index contributed by atoms with van der Waals surface area (Å²) in [5, 5.41) is 0. The van der Waals surface area contributed by atoms with Gasteiger partial charge in [0.25, 0.3) is 0 Å². The molecule has 0 aromatic carbocycles. The highest BCUT2D eigenvalue weighted by molar-refractivity contribution is 4.87. The van der Waals surface area contributed by atoms with E-state index < -0.39 is 5.79 Å². The summed E-state index contributed by atoms with van der Waals surface area (Å²) in [5.74, 6) is 0.193. The number of hydrogen-bond acceptors (Lipinski definition) is 2. The molecule has 0 saturated carbocycles. The lowest BCUT2D eigenvalue weighted by Crippen LogP contribution is -2.49. The van der Waals surface area contributed by atoms with Gasteiger partial charge in [0.2, 0.25) is 0 Å². The summed E-state index contributed by atoms with van der Waals surface area (Å²) in [6.07, 6.45) is 4.14. The van der Waals surface area contributed by atoms with E-state index in [1.54, 1.807) is 0 Å². The quantitative estimate of drug-likeness (QED) is 0.458. The summed E-state index contributed by atoms with van der Waals surface area (Å²) in [6, 6.07) is 0. The molecule has 21 heavy (non-hydrogen) atoms. The molecule has 0 aromatic rings. The molecular weight excluding hydrogens is 260 g/mol. The average molecular weight is 301 g/mol. The summed E-state index contributed by atoms with van der Waals surface area (Å²) in [5.41, 5.74) is 0.284. The first-order valence-electron chi connectivity index (χ1n) is 8.80. The highest BCUT2D eigenvalue weighted by atomic mass is 16.7. The first-order chi connectivity index (χ1) is 9.52.